The van der Waals surface area contributed by atoms with E-state index in [1.54, 1.807) is 12.1 Å². The zero-order valence-electron chi connectivity index (χ0n) is 10.1. The molecule has 0 saturated heterocycles. The first-order valence-corrected chi connectivity index (χ1v) is 6.86. The van der Waals surface area contributed by atoms with Crippen molar-refractivity contribution in [3.8, 4) is 5.75 Å². The summed E-state index contributed by atoms with van der Waals surface area (Å²) >= 11 is 0. The molecule has 0 aliphatic heterocycles. The predicted molar refractivity (Wildman–Crippen MR) is 65.9 cm³/mol. The van der Waals surface area contributed by atoms with Crippen LogP contribution in [0.25, 0.3) is 0 Å². The quantitative estimate of drug-likeness (QED) is 0.711. The standard InChI is InChI=1S/C11H17NO5S/c1-17-10-3-2-4-11(9-10)18(15,16)12(5-7-13)6-8-14/h2-4,9,13-14H,5-8H2,1H3. The van der Waals surface area contributed by atoms with Gasteiger partial charge in [-0.05, 0) is 12.1 Å². The Morgan fingerprint density at radius 3 is 2.33 bits per heavy atom. The molecule has 1 aromatic rings. The lowest BCUT2D eigenvalue weighted by Crippen LogP contribution is -2.35. The van der Waals surface area contributed by atoms with Crippen LogP contribution in [-0.2, 0) is 10.0 Å². The van der Waals surface area contributed by atoms with Gasteiger partial charge in [0, 0.05) is 19.2 Å². The lowest BCUT2D eigenvalue weighted by molar-refractivity contribution is 0.217. The zero-order valence-corrected chi connectivity index (χ0v) is 10.9. The molecule has 0 atom stereocenters. The van der Waals surface area contributed by atoms with Crippen molar-refractivity contribution in [3.05, 3.63) is 24.3 Å². The number of nitrogens with zero attached hydrogens (tertiary/aromatic N) is 1. The van der Waals surface area contributed by atoms with E-state index in [1.165, 1.54) is 19.2 Å². The van der Waals surface area contributed by atoms with Gasteiger partial charge in [0.25, 0.3) is 0 Å². The Bertz CT molecular complexity index is 468. The molecule has 0 saturated carbocycles. The van der Waals surface area contributed by atoms with E-state index < -0.39 is 10.0 Å². The van der Waals surface area contributed by atoms with Gasteiger partial charge in [-0.3, -0.25) is 0 Å². The Balaban J connectivity index is 3.08. The van der Waals surface area contributed by atoms with Crippen molar-refractivity contribution in [2.24, 2.45) is 0 Å². The molecule has 0 aliphatic rings. The number of ether oxygens (including phenoxy) is 1. The molecule has 0 amide bonds. The van der Waals surface area contributed by atoms with Crippen molar-refractivity contribution in [1.82, 2.24) is 4.31 Å². The molecule has 0 fully saturated rings. The van der Waals surface area contributed by atoms with E-state index in [0.29, 0.717) is 5.75 Å². The van der Waals surface area contributed by atoms with E-state index in [0.717, 1.165) is 4.31 Å². The average molecular weight is 275 g/mol. The van der Waals surface area contributed by atoms with E-state index in [9.17, 15) is 8.42 Å². The van der Waals surface area contributed by atoms with Gasteiger partial charge in [0.2, 0.25) is 10.0 Å². The Morgan fingerprint density at radius 2 is 1.83 bits per heavy atom. The summed E-state index contributed by atoms with van der Waals surface area (Å²) in [4.78, 5) is 0.0729. The van der Waals surface area contributed by atoms with Crippen LogP contribution < -0.4 is 4.74 Å². The van der Waals surface area contributed by atoms with Crippen molar-refractivity contribution in [1.29, 1.82) is 0 Å². The third kappa shape index (κ3) is 3.42. The number of hydrogen-bond acceptors (Lipinski definition) is 5. The van der Waals surface area contributed by atoms with E-state index >= 15 is 0 Å². The fraction of sp³-hybridized carbons (Fsp3) is 0.455. The summed E-state index contributed by atoms with van der Waals surface area (Å²) in [5.74, 6) is 0.434. The molecule has 6 nitrogen and oxygen atoms in total. The number of aliphatic hydroxyl groups excluding tert-OH is 2. The second kappa shape index (κ2) is 6.69. The van der Waals surface area contributed by atoms with Gasteiger partial charge in [0.1, 0.15) is 5.75 Å². The smallest absolute Gasteiger partial charge is 0.243 e. The molecular weight excluding hydrogens is 258 g/mol. The van der Waals surface area contributed by atoms with Gasteiger partial charge in [-0.1, -0.05) is 6.07 Å². The summed E-state index contributed by atoms with van der Waals surface area (Å²) in [6.07, 6.45) is 0. The molecule has 0 bridgehead atoms. The monoisotopic (exact) mass is 275 g/mol. The van der Waals surface area contributed by atoms with Crippen LogP contribution in [0.4, 0.5) is 0 Å². The summed E-state index contributed by atoms with van der Waals surface area (Å²) in [5, 5.41) is 17.7. The largest absolute Gasteiger partial charge is 0.497 e. The highest BCUT2D eigenvalue weighted by Gasteiger charge is 2.23. The van der Waals surface area contributed by atoms with Crippen LogP contribution in [-0.4, -0.2) is 56.3 Å². The zero-order chi connectivity index (χ0) is 13.6. The maximum Gasteiger partial charge on any atom is 0.243 e. The molecule has 18 heavy (non-hydrogen) atoms. The molecule has 102 valence electrons. The second-order valence-corrected chi connectivity index (χ2v) is 5.47. The molecule has 0 aliphatic carbocycles. The van der Waals surface area contributed by atoms with Crippen LogP contribution in [0.3, 0.4) is 0 Å². The minimum Gasteiger partial charge on any atom is -0.497 e. The van der Waals surface area contributed by atoms with Crippen LogP contribution >= 0.6 is 0 Å². The first kappa shape index (κ1) is 14.9. The molecule has 1 aromatic carbocycles. The van der Waals surface area contributed by atoms with Crippen LogP contribution in [0.2, 0.25) is 0 Å². The van der Waals surface area contributed by atoms with Crippen LogP contribution in [0.5, 0.6) is 5.75 Å². The van der Waals surface area contributed by atoms with E-state index in [2.05, 4.69) is 0 Å². The minimum atomic E-state index is -3.72. The number of aliphatic hydroxyl groups is 2. The minimum absolute atomic E-state index is 0.0555. The lowest BCUT2D eigenvalue weighted by Gasteiger charge is -2.20. The van der Waals surface area contributed by atoms with Crippen molar-refractivity contribution in [2.45, 2.75) is 4.90 Å². The summed E-state index contributed by atoms with van der Waals surface area (Å²) in [6, 6.07) is 6.06. The van der Waals surface area contributed by atoms with Gasteiger partial charge in [-0.25, -0.2) is 8.42 Å². The fourth-order valence-electron chi connectivity index (χ4n) is 1.49. The highest BCUT2D eigenvalue weighted by atomic mass is 32.2. The maximum absolute atomic E-state index is 12.2. The molecular formula is C11H17NO5S. The van der Waals surface area contributed by atoms with Gasteiger partial charge in [0.05, 0.1) is 25.2 Å². The number of benzene rings is 1. The summed E-state index contributed by atoms with van der Waals surface area (Å²) in [5.41, 5.74) is 0. The Kier molecular flexibility index (Phi) is 5.54. The highest BCUT2D eigenvalue weighted by Crippen LogP contribution is 2.20. The van der Waals surface area contributed by atoms with Gasteiger partial charge >= 0.3 is 0 Å². The molecule has 0 unspecified atom stereocenters. The number of methoxy groups -OCH3 is 1. The van der Waals surface area contributed by atoms with Gasteiger partial charge in [0.15, 0.2) is 0 Å². The third-order valence-electron chi connectivity index (χ3n) is 2.38. The SMILES string of the molecule is COc1cccc(S(=O)(=O)N(CCO)CCO)c1. The second-order valence-electron chi connectivity index (χ2n) is 3.53. The summed E-state index contributed by atoms with van der Waals surface area (Å²) in [6.45, 7) is -0.716. The molecule has 0 spiro atoms. The first-order valence-electron chi connectivity index (χ1n) is 5.42. The van der Waals surface area contributed by atoms with Crippen molar-refractivity contribution in [2.75, 3.05) is 33.4 Å². The summed E-state index contributed by atoms with van der Waals surface area (Å²) < 4.78 is 30.5. The third-order valence-corrected chi connectivity index (χ3v) is 4.27. The van der Waals surface area contributed by atoms with Gasteiger partial charge in [-0.15, -0.1) is 0 Å². The Labute approximate surface area is 106 Å². The van der Waals surface area contributed by atoms with Crippen molar-refractivity contribution in [3.63, 3.8) is 0 Å². The van der Waals surface area contributed by atoms with Crippen LogP contribution in [0, 0.1) is 0 Å². The maximum atomic E-state index is 12.2. The molecule has 2 N–H and O–H groups in total. The molecule has 7 heteroatoms. The van der Waals surface area contributed by atoms with Gasteiger partial charge < -0.3 is 14.9 Å². The predicted octanol–water partition coefficient (Wildman–Crippen LogP) is -0.330. The van der Waals surface area contributed by atoms with Crippen LogP contribution in [0.15, 0.2) is 29.2 Å². The average Bonchev–Trinajstić information content (AvgIpc) is 2.38. The summed E-state index contributed by atoms with van der Waals surface area (Å²) in [7, 11) is -2.28. The van der Waals surface area contributed by atoms with Crippen molar-refractivity contribution >= 4 is 10.0 Å². The first-order chi connectivity index (χ1) is 8.56. The number of hydrogen-bond donors (Lipinski definition) is 2. The molecule has 0 radical (unpaired) electrons. The Hall–Kier alpha value is -1.15. The van der Waals surface area contributed by atoms with Gasteiger partial charge in [-0.2, -0.15) is 4.31 Å². The van der Waals surface area contributed by atoms with E-state index in [4.69, 9.17) is 14.9 Å². The normalized spacial score (nSPS) is 11.8. The molecule has 0 aromatic heterocycles. The van der Waals surface area contributed by atoms with Crippen LogP contribution in [0.1, 0.15) is 0 Å². The van der Waals surface area contributed by atoms with E-state index in [-0.39, 0.29) is 31.2 Å². The fourth-order valence-corrected chi connectivity index (χ4v) is 2.94. The number of sulfonamides is 1. The van der Waals surface area contributed by atoms with Crippen molar-refractivity contribution < 1.29 is 23.4 Å². The highest BCUT2D eigenvalue weighted by molar-refractivity contribution is 7.89. The van der Waals surface area contributed by atoms with E-state index in [1.807, 2.05) is 0 Å². The number of rotatable bonds is 7. The molecule has 1 rings (SSSR count). The molecule has 0 heterocycles. The Morgan fingerprint density at radius 1 is 1.22 bits per heavy atom. The lowest BCUT2D eigenvalue weighted by atomic mass is 10.3. The topological polar surface area (TPSA) is 87.1 Å².